The standard InChI is InChI=1S/C19H14F4N2O4S2/c20-14-8-10-15(11-9-14)30(26,27)24-17-6-1-2-7-18(17)25-31(28,29)16-5-3-4-13(12-16)19(21,22)23/h1-12,24-25H. The topological polar surface area (TPSA) is 92.3 Å². The number of rotatable bonds is 6. The van der Waals surface area contributed by atoms with Crippen molar-refractivity contribution in [3.8, 4) is 0 Å². The first-order valence-electron chi connectivity index (χ1n) is 8.46. The summed E-state index contributed by atoms with van der Waals surface area (Å²) in [7, 11) is -8.68. The van der Waals surface area contributed by atoms with Gasteiger partial charge in [-0.2, -0.15) is 13.2 Å². The summed E-state index contributed by atoms with van der Waals surface area (Å²) in [5.41, 5.74) is -1.55. The highest BCUT2D eigenvalue weighted by Gasteiger charge is 2.31. The molecule has 0 radical (unpaired) electrons. The second-order valence-corrected chi connectivity index (χ2v) is 9.60. The van der Waals surface area contributed by atoms with Crippen molar-refractivity contribution in [2.45, 2.75) is 16.0 Å². The third kappa shape index (κ3) is 5.33. The summed E-state index contributed by atoms with van der Waals surface area (Å²) in [4.78, 5) is -0.928. The molecule has 31 heavy (non-hydrogen) atoms. The lowest BCUT2D eigenvalue weighted by molar-refractivity contribution is -0.137. The molecular formula is C19H14F4N2O4S2. The quantitative estimate of drug-likeness (QED) is 0.517. The maximum Gasteiger partial charge on any atom is 0.416 e. The van der Waals surface area contributed by atoms with Gasteiger partial charge in [-0.25, -0.2) is 21.2 Å². The van der Waals surface area contributed by atoms with E-state index in [4.69, 9.17) is 0 Å². The van der Waals surface area contributed by atoms with E-state index in [9.17, 15) is 34.4 Å². The van der Waals surface area contributed by atoms with Crippen molar-refractivity contribution >= 4 is 31.4 Å². The van der Waals surface area contributed by atoms with Crippen LogP contribution in [0.3, 0.4) is 0 Å². The first-order chi connectivity index (χ1) is 14.4. The highest BCUT2D eigenvalue weighted by molar-refractivity contribution is 7.93. The zero-order valence-corrected chi connectivity index (χ0v) is 17.0. The van der Waals surface area contributed by atoms with E-state index in [1.807, 2.05) is 0 Å². The molecule has 12 heteroatoms. The van der Waals surface area contributed by atoms with E-state index in [1.54, 1.807) is 0 Å². The van der Waals surface area contributed by atoms with Gasteiger partial charge in [0.2, 0.25) is 0 Å². The molecule has 0 unspecified atom stereocenters. The molecule has 0 aliphatic carbocycles. The Hall–Kier alpha value is -3.12. The van der Waals surface area contributed by atoms with E-state index in [0.29, 0.717) is 6.07 Å². The van der Waals surface area contributed by atoms with Crippen LogP contribution in [0.25, 0.3) is 0 Å². The van der Waals surface area contributed by atoms with Crippen LogP contribution in [0.1, 0.15) is 5.56 Å². The van der Waals surface area contributed by atoms with Gasteiger partial charge < -0.3 is 0 Å². The van der Waals surface area contributed by atoms with Gasteiger partial charge in [0.25, 0.3) is 20.0 Å². The minimum absolute atomic E-state index is 0.178. The smallest absolute Gasteiger partial charge is 0.277 e. The van der Waals surface area contributed by atoms with Crippen molar-refractivity contribution in [1.29, 1.82) is 0 Å². The molecule has 0 atom stereocenters. The molecule has 0 saturated heterocycles. The minimum atomic E-state index is -4.74. The first-order valence-corrected chi connectivity index (χ1v) is 11.4. The molecule has 0 heterocycles. The van der Waals surface area contributed by atoms with E-state index >= 15 is 0 Å². The van der Waals surface area contributed by atoms with Crippen molar-refractivity contribution in [2.24, 2.45) is 0 Å². The molecule has 0 aliphatic heterocycles. The number of anilines is 2. The fourth-order valence-corrected chi connectivity index (χ4v) is 4.73. The third-order valence-electron chi connectivity index (χ3n) is 4.01. The monoisotopic (exact) mass is 474 g/mol. The Morgan fingerprint density at radius 2 is 1.16 bits per heavy atom. The van der Waals surface area contributed by atoms with E-state index in [0.717, 1.165) is 42.5 Å². The summed E-state index contributed by atoms with van der Waals surface area (Å²) in [6.45, 7) is 0. The number of alkyl halides is 3. The molecule has 3 rings (SSSR count). The number of nitrogens with one attached hydrogen (secondary N) is 2. The zero-order chi connectivity index (χ0) is 22.9. The van der Waals surface area contributed by atoms with Crippen LogP contribution < -0.4 is 9.44 Å². The molecule has 0 aliphatic rings. The van der Waals surface area contributed by atoms with Crippen molar-refractivity contribution in [1.82, 2.24) is 0 Å². The van der Waals surface area contributed by atoms with Crippen LogP contribution in [0.2, 0.25) is 0 Å². The number of hydrogen-bond donors (Lipinski definition) is 2. The molecule has 0 fully saturated rings. The van der Waals surface area contributed by atoms with Crippen molar-refractivity contribution in [3.63, 3.8) is 0 Å². The van der Waals surface area contributed by atoms with Gasteiger partial charge in [0.15, 0.2) is 0 Å². The molecule has 0 spiro atoms. The fraction of sp³-hybridized carbons (Fsp3) is 0.0526. The van der Waals surface area contributed by atoms with Gasteiger partial charge in [-0.3, -0.25) is 9.44 Å². The van der Waals surface area contributed by atoms with E-state index < -0.39 is 42.5 Å². The van der Waals surface area contributed by atoms with Gasteiger partial charge in [-0.15, -0.1) is 0 Å². The van der Waals surface area contributed by atoms with E-state index in [1.165, 1.54) is 24.3 Å². The Bertz CT molecular complexity index is 1310. The molecule has 2 N–H and O–H groups in total. The number of benzene rings is 3. The number of hydrogen-bond acceptors (Lipinski definition) is 4. The van der Waals surface area contributed by atoms with Gasteiger partial charge in [0, 0.05) is 0 Å². The normalized spacial score (nSPS) is 12.4. The molecule has 3 aromatic carbocycles. The zero-order valence-electron chi connectivity index (χ0n) is 15.4. The van der Waals surface area contributed by atoms with Crippen LogP contribution in [-0.2, 0) is 26.2 Å². The van der Waals surface area contributed by atoms with Crippen LogP contribution in [0.4, 0.5) is 28.9 Å². The van der Waals surface area contributed by atoms with E-state index in [-0.39, 0.29) is 16.3 Å². The first kappa shape index (κ1) is 22.6. The summed E-state index contributed by atoms with van der Waals surface area (Å²) in [5, 5.41) is 0. The second-order valence-electron chi connectivity index (χ2n) is 6.24. The largest absolute Gasteiger partial charge is 0.416 e. The van der Waals surface area contributed by atoms with Crippen LogP contribution in [-0.4, -0.2) is 16.8 Å². The minimum Gasteiger partial charge on any atom is -0.277 e. The SMILES string of the molecule is O=S(=O)(Nc1ccccc1NS(=O)(=O)c1cccc(C(F)(F)F)c1)c1ccc(F)cc1. The highest BCUT2D eigenvalue weighted by Crippen LogP contribution is 2.32. The average Bonchev–Trinajstić information content (AvgIpc) is 2.69. The Morgan fingerprint density at radius 3 is 1.68 bits per heavy atom. The predicted octanol–water partition coefficient (Wildman–Crippen LogP) is 4.45. The van der Waals surface area contributed by atoms with Gasteiger partial charge in [0.05, 0.1) is 26.7 Å². The predicted molar refractivity (Wildman–Crippen MR) is 106 cm³/mol. The molecule has 0 bridgehead atoms. The Labute approximate surface area is 175 Å². The number of sulfonamides is 2. The Balaban J connectivity index is 1.93. The van der Waals surface area contributed by atoms with Gasteiger partial charge in [-0.05, 0) is 54.6 Å². The molecule has 0 aromatic heterocycles. The van der Waals surface area contributed by atoms with Gasteiger partial charge >= 0.3 is 6.18 Å². The Morgan fingerprint density at radius 1 is 0.645 bits per heavy atom. The number of halogens is 4. The molecule has 164 valence electrons. The molecule has 6 nitrogen and oxygen atoms in total. The summed E-state index contributed by atoms with van der Waals surface area (Å²) < 4.78 is 106. The lowest BCUT2D eigenvalue weighted by atomic mass is 10.2. The van der Waals surface area contributed by atoms with Gasteiger partial charge in [0.1, 0.15) is 5.82 Å². The molecule has 0 saturated carbocycles. The van der Waals surface area contributed by atoms with Crippen LogP contribution >= 0.6 is 0 Å². The summed E-state index contributed by atoms with van der Waals surface area (Å²) in [6, 6.07) is 12.3. The lowest BCUT2D eigenvalue weighted by Crippen LogP contribution is -2.18. The van der Waals surface area contributed by atoms with Crippen LogP contribution in [0.5, 0.6) is 0 Å². The fourth-order valence-electron chi connectivity index (χ4n) is 2.52. The molecule has 3 aromatic rings. The average molecular weight is 474 g/mol. The van der Waals surface area contributed by atoms with Crippen molar-refractivity contribution in [2.75, 3.05) is 9.44 Å². The third-order valence-corrected chi connectivity index (χ3v) is 6.76. The van der Waals surface area contributed by atoms with Crippen molar-refractivity contribution in [3.05, 3.63) is 84.2 Å². The van der Waals surface area contributed by atoms with Gasteiger partial charge in [-0.1, -0.05) is 18.2 Å². The Kier molecular flexibility index (Phi) is 5.96. The summed E-state index contributed by atoms with van der Waals surface area (Å²) in [6.07, 6.45) is -4.74. The molecule has 0 amide bonds. The van der Waals surface area contributed by atoms with Crippen LogP contribution in [0, 0.1) is 5.82 Å². The molecular weight excluding hydrogens is 460 g/mol. The summed E-state index contributed by atoms with van der Waals surface area (Å²) >= 11 is 0. The van der Waals surface area contributed by atoms with Crippen molar-refractivity contribution < 1.29 is 34.4 Å². The number of para-hydroxylation sites is 2. The van der Waals surface area contributed by atoms with Crippen LogP contribution in [0.15, 0.2) is 82.6 Å². The maximum atomic E-state index is 13.1. The lowest BCUT2D eigenvalue weighted by Gasteiger charge is -2.15. The summed E-state index contributed by atoms with van der Waals surface area (Å²) in [5.74, 6) is -0.645. The maximum absolute atomic E-state index is 13.1. The highest BCUT2D eigenvalue weighted by atomic mass is 32.2. The van der Waals surface area contributed by atoms with E-state index in [2.05, 4.69) is 9.44 Å². The second kappa shape index (κ2) is 8.19.